The number of likely N-dealkylation sites (tertiary alicyclic amines) is 1. The van der Waals surface area contributed by atoms with Crippen LogP contribution in [0.5, 0.6) is 0 Å². The van der Waals surface area contributed by atoms with E-state index in [2.05, 4.69) is 18.7 Å². The van der Waals surface area contributed by atoms with Crippen molar-refractivity contribution in [2.75, 3.05) is 19.6 Å². The molecule has 1 rings (SSSR count). The zero-order chi connectivity index (χ0) is 8.27. The highest BCUT2D eigenvalue weighted by Gasteiger charge is 2.16. The van der Waals surface area contributed by atoms with Gasteiger partial charge in [0.25, 0.3) is 0 Å². The van der Waals surface area contributed by atoms with Crippen molar-refractivity contribution in [1.29, 1.82) is 0 Å². The highest BCUT2D eigenvalue weighted by Crippen LogP contribution is 2.11. The highest BCUT2D eigenvalue weighted by atomic mass is 16.3. The van der Waals surface area contributed by atoms with E-state index >= 15 is 0 Å². The smallest absolute Gasteiger partial charge is 0.0564 e. The summed E-state index contributed by atoms with van der Waals surface area (Å²) in [5.74, 6) is 0.755. The van der Waals surface area contributed by atoms with E-state index in [9.17, 15) is 5.11 Å². The number of aliphatic hydroxyl groups excluding tert-OH is 1. The van der Waals surface area contributed by atoms with Crippen molar-refractivity contribution in [3.63, 3.8) is 0 Å². The summed E-state index contributed by atoms with van der Waals surface area (Å²) in [5.41, 5.74) is 0. The van der Waals surface area contributed by atoms with Crippen molar-refractivity contribution in [3.8, 4) is 0 Å². The van der Waals surface area contributed by atoms with E-state index in [1.54, 1.807) is 0 Å². The first-order valence-corrected chi connectivity index (χ1v) is 4.59. The molecule has 0 bridgehead atoms. The van der Waals surface area contributed by atoms with Crippen molar-refractivity contribution in [2.24, 2.45) is 5.92 Å². The molecule has 0 saturated carbocycles. The largest absolute Gasteiger partial charge is 0.393 e. The minimum Gasteiger partial charge on any atom is -0.393 e. The van der Waals surface area contributed by atoms with E-state index in [1.807, 2.05) is 0 Å². The number of nitrogens with zero attached hydrogens (tertiary/aromatic N) is 1. The van der Waals surface area contributed by atoms with Crippen LogP contribution in [0, 0.1) is 5.92 Å². The monoisotopic (exact) mass is 157 g/mol. The van der Waals surface area contributed by atoms with E-state index in [1.165, 1.54) is 6.54 Å². The van der Waals surface area contributed by atoms with E-state index in [0.29, 0.717) is 0 Å². The lowest BCUT2D eigenvalue weighted by Crippen LogP contribution is -2.37. The van der Waals surface area contributed by atoms with E-state index in [-0.39, 0.29) is 6.10 Å². The second-order valence-corrected chi connectivity index (χ2v) is 3.93. The number of hydrogen-bond acceptors (Lipinski definition) is 2. The van der Waals surface area contributed by atoms with Crippen molar-refractivity contribution in [2.45, 2.75) is 32.8 Å². The molecule has 0 aromatic heterocycles. The molecule has 0 spiro atoms. The molecule has 1 heterocycles. The van der Waals surface area contributed by atoms with Gasteiger partial charge in [-0.25, -0.2) is 0 Å². The van der Waals surface area contributed by atoms with Crippen molar-refractivity contribution >= 4 is 0 Å². The summed E-state index contributed by atoms with van der Waals surface area (Å²) in [7, 11) is 0. The first kappa shape index (κ1) is 9.01. The molecule has 1 N–H and O–H groups in total. The third-order valence-corrected chi connectivity index (χ3v) is 2.18. The van der Waals surface area contributed by atoms with Gasteiger partial charge in [-0.1, -0.05) is 13.8 Å². The Bertz CT molecular complexity index is 106. The van der Waals surface area contributed by atoms with Gasteiger partial charge >= 0.3 is 0 Å². The summed E-state index contributed by atoms with van der Waals surface area (Å²) < 4.78 is 0. The molecule has 1 aliphatic heterocycles. The summed E-state index contributed by atoms with van der Waals surface area (Å²) in [6.45, 7) is 7.83. The highest BCUT2D eigenvalue weighted by molar-refractivity contribution is 4.71. The Balaban J connectivity index is 2.17. The van der Waals surface area contributed by atoms with Gasteiger partial charge in [0.1, 0.15) is 0 Å². The number of rotatable bonds is 2. The van der Waals surface area contributed by atoms with Crippen LogP contribution in [-0.4, -0.2) is 35.7 Å². The Morgan fingerprint density at radius 1 is 1.36 bits per heavy atom. The summed E-state index contributed by atoms with van der Waals surface area (Å²) in [6, 6.07) is 0. The topological polar surface area (TPSA) is 23.5 Å². The molecule has 0 amide bonds. The molecule has 0 unspecified atom stereocenters. The van der Waals surface area contributed by atoms with Crippen LogP contribution < -0.4 is 0 Å². The molecule has 2 nitrogen and oxygen atoms in total. The van der Waals surface area contributed by atoms with Gasteiger partial charge in [-0.3, -0.25) is 0 Å². The summed E-state index contributed by atoms with van der Waals surface area (Å²) in [5, 5.41) is 9.23. The first-order chi connectivity index (χ1) is 5.18. The van der Waals surface area contributed by atoms with Crippen LogP contribution in [0.15, 0.2) is 0 Å². The second-order valence-electron chi connectivity index (χ2n) is 3.93. The number of aliphatic hydroxyl groups is 1. The molecule has 1 fully saturated rings. The molecule has 0 aliphatic carbocycles. The zero-order valence-corrected chi connectivity index (χ0v) is 7.58. The average molecular weight is 157 g/mol. The van der Waals surface area contributed by atoms with Crippen LogP contribution in [-0.2, 0) is 0 Å². The third-order valence-electron chi connectivity index (χ3n) is 2.18. The van der Waals surface area contributed by atoms with Crippen LogP contribution >= 0.6 is 0 Å². The van der Waals surface area contributed by atoms with E-state index < -0.39 is 0 Å². The Morgan fingerprint density at radius 3 is 2.36 bits per heavy atom. The molecule has 0 atom stereocenters. The fourth-order valence-electron chi connectivity index (χ4n) is 1.62. The fraction of sp³-hybridized carbons (Fsp3) is 1.00. The van der Waals surface area contributed by atoms with E-state index in [0.717, 1.165) is 31.8 Å². The SMILES string of the molecule is CC(C)CN1CCC(O)CC1. The molecule has 0 aromatic rings. The molecule has 1 aliphatic rings. The van der Waals surface area contributed by atoms with Gasteiger partial charge in [0, 0.05) is 19.6 Å². The van der Waals surface area contributed by atoms with Crippen molar-refractivity contribution in [1.82, 2.24) is 4.90 Å². The first-order valence-electron chi connectivity index (χ1n) is 4.59. The van der Waals surface area contributed by atoms with Gasteiger partial charge < -0.3 is 10.0 Å². The Hall–Kier alpha value is -0.0800. The molecule has 1 saturated heterocycles. The zero-order valence-electron chi connectivity index (χ0n) is 7.58. The Kier molecular flexibility index (Phi) is 3.34. The minimum absolute atomic E-state index is 0.0292. The quantitative estimate of drug-likeness (QED) is 0.649. The summed E-state index contributed by atoms with van der Waals surface area (Å²) >= 11 is 0. The lowest BCUT2D eigenvalue weighted by Gasteiger charge is -2.30. The number of hydrogen-bond donors (Lipinski definition) is 1. The molecule has 2 heteroatoms. The normalized spacial score (nSPS) is 22.9. The molecule has 0 aromatic carbocycles. The predicted molar refractivity (Wildman–Crippen MR) is 46.5 cm³/mol. The molecular formula is C9H19NO. The second kappa shape index (κ2) is 4.07. The molecular weight excluding hydrogens is 138 g/mol. The van der Waals surface area contributed by atoms with Gasteiger partial charge in [-0.05, 0) is 18.8 Å². The molecule has 0 radical (unpaired) electrons. The summed E-state index contributed by atoms with van der Waals surface area (Å²) in [6.07, 6.45) is 1.90. The fourth-order valence-corrected chi connectivity index (χ4v) is 1.62. The lowest BCUT2D eigenvalue weighted by molar-refractivity contribution is 0.0772. The van der Waals surface area contributed by atoms with Crippen LogP contribution in [0.25, 0.3) is 0 Å². The standard InChI is InChI=1S/C9H19NO/c1-8(2)7-10-5-3-9(11)4-6-10/h8-9,11H,3-7H2,1-2H3. The van der Waals surface area contributed by atoms with Crippen LogP contribution in [0.1, 0.15) is 26.7 Å². The maximum Gasteiger partial charge on any atom is 0.0564 e. The van der Waals surface area contributed by atoms with Gasteiger partial charge in [0.15, 0.2) is 0 Å². The maximum absolute atomic E-state index is 9.23. The van der Waals surface area contributed by atoms with Gasteiger partial charge in [0.05, 0.1) is 6.10 Å². The lowest BCUT2D eigenvalue weighted by atomic mass is 10.1. The van der Waals surface area contributed by atoms with Crippen LogP contribution in [0.2, 0.25) is 0 Å². The number of piperidine rings is 1. The van der Waals surface area contributed by atoms with Gasteiger partial charge in [-0.15, -0.1) is 0 Å². The predicted octanol–water partition coefficient (Wildman–Crippen LogP) is 1.10. The van der Waals surface area contributed by atoms with Gasteiger partial charge in [-0.2, -0.15) is 0 Å². The van der Waals surface area contributed by atoms with Gasteiger partial charge in [0.2, 0.25) is 0 Å². The average Bonchev–Trinajstić information content (AvgIpc) is 1.93. The molecule has 66 valence electrons. The van der Waals surface area contributed by atoms with E-state index in [4.69, 9.17) is 0 Å². The summed E-state index contributed by atoms with van der Waals surface area (Å²) in [4.78, 5) is 2.44. The third kappa shape index (κ3) is 3.21. The van der Waals surface area contributed by atoms with Crippen LogP contribution in [0.4, 0.5) is 0 Å². The minimum atomic E-state index is -0.0292. The Morgan fingerprint density at radius 2 is 1.91 bits per heavy atom. The van der Waals surface area contributed by atoms with Crippen molar-refractivity contribution < 1.29 is 5.11 Å². The molecule has 11 heavy (non-hydrogen) atoms. The van der Waals surface area contributed by atoms with Crippen molar-refractivity contribution in [3.05, 3.63) is 0 Å². The maximum atomic E-state index is 9.23. The van der Waals surface area contributed by atoms with Crippen LogP contribution in [0.3, 0.4) is 0 Å². The Labute approximate surface area is 69.2 Å².